The standard InChI is InChI=1S/4ClH.Na.Ti/h4*1H;;/q;;;;+1;+4/p-4. The fraction of sp³-hybridized carbons (Fsp3) is 0. The van der Waals surface area contributed by atoms with Gasteiger partial charge in [-0.25, -0.2) is 0 Å². The largest absolute Gasteiger partial charge is 4.00 e. The Kier molecular flexibility index (Phi) is 500. The van der Waals surface area contributed by atoms with E-state index in [2.05, 4.69) is 0 Å². The number of halogens is 4. The van der Waals surface area contributed by atoms with E-state index in [1.54, 1.807) is 0 Å². The summed E-state index contributed by atoms with van der Waals surface area (Å²) in [5.41, 5.74) is 0. The Balaban J connectivity index is 0. The van der Waals surface area contributed by atoms with E-state index in [1.165, 1.54) is 0 Å². The van der Waals surface area contributed by atoms with Crippen LogP contribution in [0.1, 0.15) is 0 Å². The summed E-state index contributed by atoms with van der Waals surface area (Å²) in [6.07, 6.45) is 0. The molecule has 0 saturated carbocycles. The SMILES string of the molecule is [Cl-].[Cl-].[Cl-].[Cl-].[Na+].[Ti+4]. The van der Waals surface area contributed by atoms with Crippen molar-refractivity contribution < 1.29 is 101 Å². The van der Waals surface area contributed by atoms with Crippen LogP contribution in [0.25, 0.3) is 0 Å². The average Bonchev–Trinajstić information content (AvgIpc) is 0. The molecule has 0 aromatic rings. The van der Waals surface area contributed by atoms with Gasteiger partial charge in [0, 0.05) is 0 Å². The maximum atomic E-state index is 0. The van der Waals surface area contributed by atoms with Gasteiger partial charge in [-0.1, -0.05) is 0 Å². The molecule has 0 N–H and O–H groups in total. The van der Waals surface area contributed by atoms with Crippen LogP contribution in [0.15, 0.2) is 0 Å². The van der Waals surface area contributed by atoms with Crippen LogP contribution in [0.3, 0.4) is 0 Å². The van der Waals surface area contributed by atoms with Gasteiger partial charge in [-0.15, -0.1) is 0 Å². The quantitative estimate of drug-likeness (QED) is 0.350. The molecular formula is Cl4NaTi+. The Bertz CT molecular complexity index is 7.51. The molecule has 0 aromatic carbocycles. The summed E-state index contributed by atoms with van der Waals surface area (Å²) in [6, 6.07) is 0. The van der Waals surface area contributed by atoms with E-state index >= 15 is 0 Å². The monoisotopic (exact) mass is 211 g/mol. The van der Waals surface area contributed by atoms with Crippen LogP contribution in [0.5, 0.6) is 0 Å². The number of rotatable bonds is 0. The van der Waals surface area contributed by atoms with Crippen LogP contribution in [0, 0.1) is 0 Å². The molecule has 0 aromatic heterocycles. The molecule has 0 amide bonds. The van der Waals surface area contributed by atoms with Crippen molar-refractivity contribution >= 4 is 0 Å². The second-order valence-electron chi connectivity index (χ2n) is 0. The van der Waals surface area contributed by atoms with Gasteiger partial charge in [0.1, 0.15) is 0 Å². The van der Waals surface area contributed by atoms with Crippen molar-refractivity contribution in [3.63, 3.8) is 0 Å². The molecule has 0 aliphatic heterocycles. The first-order chi connectivity index (χ1) is 0. The molecule has 0 aliphatic carbocycles. The number of hydrogen-bond donors (Lipinski definition) is 0. The maximum absolute atomic E-state index is 0. The van der Waals surface area contributed by atoms with E-state index in [-0.39, 0.29) is 101 Å². The van der Waals surface area contributed by atoms with Crippen molar-refractivity contribution in [1.29, 1.82) is 0 Å². The minimum absolute atomic E-state index is 0. The fourth-order valence-electron chi connectivity index (χ4n) is 0. The first kappa shape index (κ1) is 66.6. The van der Waals surface area contributed by atoms with Gasteiger partial charge in [0.15, 0.2) is 0 Å². The second kappa shape index (κ2) is 45.0. The Morgan fingerprint density at radius 3 is 0.500 bits per heavy atom. The third-order valence-corrected chi connectivity index (χ3v) is 0. The van der Waals surface area contributed by atoms with Crippen molar-refractivity contribution in [2.24, 2.45) is 0 Å². The molecule has 0 bridgehead atoms. The normalized spacial score (nSPS) is 0. The van der Waals surface area contributed by atoms with Gasteiger partial charge in [0.25, 0.3) is 0 Å². The van der Waals surface area contributed by atoms with E-state index in [4.69, 9.17) is 0 Å². The van der Waals surface area contributed by atoms with Crippen molar-refractivity contribution in [1.82, 2.24) is 0 Å². The average molecular weight is 213 g/mol. The van der Waals surface area contributed by atoms with Crippen LogP contribution in [-0.2, 0) is 21.7 Å². The van der Waals surface area contributed by atoms with E-state index in [0.717, 1.165) is 0 Å². The summed E-state index contributed by atoms with van der Waals surface area (Å²) in [7, 11) is 0. The van der Waals surface area contributed by atoms with Crippen molar-refractivity contribution in [2.45, 2.75) is 0 Å². The van der Waals surface area contributed by atoms with E-state index in [1.807, 2.05) is 0 Å². The molecule has 0 atom stereocenters. The molecule has 0 unspecified atom stereocenters. The zero-order chi connectivity index (χ0) is 0. The maximum Gasteiger partial charge on any atom is 4.00 e. The number of hydrogen-bond acceptors (Lipinski definition) is 0. The fourth-order valence-corrected chi connectivity index (χ4v) is 0. The van der Waals surface area contributed by atoms with E-state index in [0.29, 0.717) is 0 Å². The third-order valence-electron chi connectivity index (χ3n) is 0. The van der Waals surface area contributed by atoms with Crippen molar-refractivity contribution in [2.75, 3.05) is 0 Å². The van der Waals surface area contributed by atoms with Crippen LogP contribution in [0.4, 0.5) is 0 Å². The van der Waals surface area contributed by atoms with Gasteiger partial charge in [-0.3, -0.25) is 0 Å². The summed E-state index contributed by atoms with van der Waals surface area (Å²) in [4.78, 5) is 0. The summed E-state index contributed by atoms with van der Waals surface area (Å²) >= 11 is 0. The molecule has 0 nitrogen and oxygen atoms in total. The van der Waals surface area contributed by atoms with Crippen LogP contribution in [-0.4, -0.2) is 0 Å². The molecule has 0 rings (SSSR count). The summed E-state index contributed by atoms with van der Waals surface area (Å²) in [5.74, 6) is 0. The minimum Gasteiger partial charge on any atom is -1.00 e. The molecule has 0 aliphatic rings. The summed E-state index contributed by atoms with van der Waals surface area (Å²) in [6.45, 7) is 0. The van der Waals surface area contributed by atoms with Gasteiger partial charge >= 0.3 is 51.3 Å². The Labute approximate surface area is 99.4 Å². The van der Waals surface area contributed by atoms with Gasteiger partial charge in [0.05, 0.1) is 0 Å². The topological polar surface area (TPSA) is 0 Å². The predicted octanol–water partition coefficient (Wildman–Crippen LogP) is -15.0. The van der Waals surface area contributed by atoms with Crippen LogP contribution < -0.4 is 79.2 Å². The van der Waals surface area contributed by atoms with Gasteiger partial charge < -0.3 is 49.6 Å². The van der Waals surface area contributed by atoms with Crippen LogP contribution in [0.2, 0.25) is 0 Å². The predicted molar refractivity (Wildman–Crippen MR) is 0 cm³/mol. The van der Waals surface area contributed by atoms with Gasteiger partial charge in [-0.05, 0) is 0 Å². The first-order valence-electron chi connectivity index (χ1n) is 0. The zero-order valence-electron chi connectivity index (χ0n) is 3.01. The van der Waals surface area contributed by atoms with Crippen molar-refractivity contribution in [3.05, 3.63) is 0 Å². The molecule has 6 heavy (non-hydrogen) atoms. The molecule has 0 radical (unpaired) electrons. The van der Waals surface area contributed by atoms with Gasteiger partial charge in [0.2, 0.25) is 0 Å². The van der Waals surface area contributed by atoms with E-state index in [9.17, 15) is 0 Å². The minimum atomic E-state index is 0. The Hall–Kier alpha value is 2.87. The molecule has 0 heterocycles. The second-order valence-corrected chi connectivity index (χ2v) is 0. The summed E-state index contributed by atoms with van der Waals surface area (Å²) < 4.78 is 0. The molecule has 32 valence electrons. The van der Waals surface area contributed by atoms with E-state index < -0.39 is 0 Å². The van der Waals surface area contributed by atoms with Crippen LogP contribution >= 0.6 is 0 Å². The molecular weight excluding hydrogens is 213 g/mol. The third kappa shape index (κ3) is 28.7. The van der Waals surface area contributed by atoms with Crippen molar-refractivity contribution in [3.8, 4) is 0 Å². The van der Waals surface area contributed by atoms with Gasteiger partial charge in [-0.2, -0.15) is 0 Å². The molecule has 6 heteroatoms. The molecule has 0 spiro atoms. The first-order valence-corrected chi connectivity index (χ1v) is 0. The smallest absolute Gasteiger partial charge is 1.00 e. The Morgan fingerprint density at radius 1 is 0.500 bits per heavy atom. The zero-order valence-corrected chi connectivity index (χ0v) is 9.60. The molecule has 0 fully saturated rings. The summed E-state index contributed by atoms with van der Waals surface area (Å²) in [5, 5.41) is 0. The Morgan fingerprint density at radius 2 is 0.500 bits per heavy atom. The molecule has 0 saturated heterocycles.